The summed E-state index contributed by atoms with van der Waals surface area (Å²) in [6, 6.07) is 9.57. The molecule has 1 aromatic carbocycles. The monoisotopic (exact) mass is 262 g/mol. The van der Waals surface area contributed by atoms with Gasteiger partial charge in [-0.15, -0.1) is 0 Å². The number of likely N-dealkylation sites (tertiary alicyclic amines) is 1. The van der Waals surface area contributed by atoms with Crippen LogP contribution in [0.25, 0.3) is 0 Å². The molecule has 4 nitrogen and oxygen atoms in total. The van der Waals surface area contributed by atoms with E-state index < -0.39 is 0 Å². The molecule has 0 saturated carbocycles. The molecule has 2 rings (SSSR count). The zero-order valence-corrected chi connectivity index (χ0v) is 11.4. The second-order valence-corrected chi connectivity index (χ2v) is 5.20. The number of hydrogen-bond acceptors (Lipinski definition) is 3. The Morgan fingerprint density at radius 2 is 2.21 bits per heavy atom. The molecule has 2 atom stereocenters. The van der Waals surface area contributed by atoms with E-state index in [2.05, 4.69) is 0 Å². The summed E-state index contributed by atoms with van der Waals surface area (Å²) in [6.45, 7) is 3.70. The zero-order valence-electron chi connectivity index (χ0n) is 11.4. The lowest BCUT2D eigenvalue weighted by atomic mass is 9.92. The van der Waals surface area contributed by atoms with Crippen LogP contribution in [0.4, 0.5) is 0 Å². The van der Waals surface area contributed by atoms with Gasteiger partial charge in [0.15, 0.2) is 6.61 Å². The van der Waals surface area contributed by atoms with E-state index in [1.165, 1.54) is 0 Å². The summed E-state index contributed by atoms with van der Waals surface area (Å²) in [5.74, 6) is 1.19. The maximum absolute atomic E-state index is 12.1. The highest BCUT2D eigenvalue weighted by Crippen LogP contribution is 2.19. The highest BCUT2D eigenvalue weighted by molar-refractivity contribution is 5.77. The van der Waals surface area contributed by atoms with Gasteiger partial charge in [0.25, 0.3) is 5.91 Å². The van der Waals surface area contributed by atoms with E-state index in [1.54, 1.807) is 0 Å². The average molecular weight is 262 g/mol. The van der Waals surface area contributed by atoms with Crippen molar-refractivity contribution in [1.29, 1.82) is 0 Å². The van der Waals surface area contributed by atoms with E-state index in [1.807, 2.05) is 42.2 Å². The summed E-state index contributed by atoms with van der Waals surface area (Å²) in [5, 5.41) is 0. The number of nitrogens with two attached hydrogens (primary N) is 1. The fourth-order valence-corrected chi connectivity index (χ4v) is 2.42. The van der Waals surface area contributed by atoms with Crippen molar-refractivity contribution in [3.8, 4) is 5.75 Å². The normalized spacial score (nSPS) is 20.9. The standard InChI is InChI=1S/C15H22N2O2/c1-12(16)13-6-5-9-17(10-13)15(18)11-19-14-7-3-2-4-8-14/h2-4,7-8,12-13H,5-6,9-11,16H2,1H3. The third-order valence-electron chi connectivity index (χ3n) is 3.66. The van der Waals surface area contributed by atoms with Crippen molar-refractivity contribution in [2.24, 2.45) is 11.7 Å². The number of piperidine rings is 1. The van der Waals surface area contributed by atoms with Gasteiger partial charge in [-0.2, -0.15) is 0 Å². The summed E-state index contributed by atoms with van der Waals surface area (Å²) >= 11 is 0. The molecule has 1 aliphatic rings. The van der Waals surface area contributed by atoms with Gasteiger partial charge in [-0.05, 0) is 37.8 Å². The topological polar surface area (TPSA) is 55.6 Å². The minimum Gasteiger partial charge on any atom is -0.484 e. The highest BCUT2D eigenvalue weighted by Gasteiger charge is 2.25. The first-order valence-electron chi connectivity index (χ1n) is 6.88. The van der Waals surface area contributed by atoms with Crippen LogP contribution in [-0.2, 0) is 4.79 Å². The van der Waals surface area contributed by atoms with Gasteiger partial charge in [-0.1, -0.05) is 18.2 Å². The largest absolute Gasteiger partial charge is 0.484 e. The second-order valence-electron chi connectivity index (χ2n) is 5.20. The Kier molecular flexibility index (Phi) is 4.80. The van der Waals surface area contributed by atoms with Crippen molar-refractivity contribution >= 4 is 5.91 Å². The minimum atomic E-state index is 0.0502. The fraction of sp³-hybridized carbons (Fsp3) is 0.533. The van der Waals surface area contributed by atoms with Crippen LogP contribution >= 0.6 is 0 Å². The molecule has 4 heteroatoms. The number of para-hydroxylation sites is 1. The van der Waals surface area contributed by atoms with Crippen LogP contribution in [0, 0.1) is 5.92 Å². The molecular weight excluding hydrogens is 240 g/mol. The van der Waals surface area contributed by atoms with E-state index in [-0.39, 0.29) is 18.6 Å². The van der Waals surface area contributed by atoms with Crippen molar-refractivity contribution in [1.82, 2.24) is 4.90 Å². The van der Waals surface area contributed by atoms with Crippen LogP contribution in [0.1, 0.15) is 19.8 Å². The lowest BCUT2D eigenvalue weighted by Crippen LogP contribution is -2.46. The Hall–Kier alpha value is -1.55. The molecule has 0 radical (unpaired) electrons. The molecule has 0 spiro atoms. The second kappa shape index (κ2) is 6.57. The Labute approximate surface area is 114 Å². The molecule has 1 aliphatic heterocycles. The predicted molar refractivity (Wildman–Crippen MR) is 74.9 cm³/mol. The highest BCUT2D eigenvalue weighted by atomic mass is 16.5. The van der Waals surface area contributed by atoms with E-state index in [0.717, 1.165) is 31.7 Å². The number of hydrogen-bond donors (Lipinski definition) is 1. The smallest absolute Gasteiger partial charge is 0.260 e. The van der Waals surface area contributed by atoms with Crippen LogP contribution in [0.2, 0.25) is 0 Å². The number of ether oxygens (including phenoxy) is 1. The number of benzene rings is 1. The first kappa shape index (κ1) is 13.9. The third-order valence-corrected chi connectivity index (χ3v) is 3.66. The molecule has 0 bridgehead atoms. The lowest BCUT2D eigenvalue weighted by molar-refractivity contribution is -0.135. The summed E-state index contributed by atoms with van der Waals surface area (Å²) < 4.78 is 5.49. The predicted octanol–water partition coefficient (Wildman–Crippen LogP) is 1.65. The zero-order chi connectivity index (χ0) is 13.7. The van der Waals surface area contributed by atoms with Crippen molar-refractivity contribution < 1.29 is 9.53 Å². The Bertz CT molecular complexity index is 406. The fourth-order valence-electron chi connectivity index (χ4n) is 2.42. The van der Waals surface area contributed by atoms with Crippen LogP contribution in [0.5, 0.6) is 5.75 Å². The molecule has 104 valence electrons. The lowest BCUT2D eigenvalue weighted by Gasteiger charge is -2.34. The molecule has 2 unspecified atom stereocenters. The van der Waals surface area contributed by atoms with Crippen LogP contribution < -0.4 is 10.5 Å². The average Bonchev–Trinajstić information content (AvgIpc) is 2.46. The van der Waals surface area contributed by atoms with Gasteiger partial charge in [-0.3, -0.25) is 4.79 Å². The van der Waals surface area contributed by atoms with Crippen molar-refractivity contribution in [2.75, 3.05) is 19.7 Å². The number of carbonyl (C=O) groups is 1. The van der Waals surface area contributed by atoms with Gasteiger partial charge in [0.2, 0.25) is 0 Å². The Balaban J connectivity index is 1.83. The van der Waals surface area contributed by atoms with Crippen molar-refractivity contribution in [3.63, 3.8) is 0 Å². The van der Waals surface area contributed by atoms with Gasteiger partial charge >= 0.3 is 0 Å². The number of nitrogens with zero attached hydrogens (tertiary/aromatic N) is 1. The van der Waals surface area contributed by atoms with Gasteiger partial charge in [-0.25, -0.2) is 0 Å². The molecule has 19 heavy (non-hydrogen) atoms. The van der Waals surface area contributed by atoms with Crippen LogP contribution in [-0.4, -0.2) is 36.5 Å². The SMILES string of the molecule is CC(N)C1CCCN(C(=O)COc2ccccc2)C1. The molecule has 1 heterocycles. The van der Waals surface area contributed by atoms with E-state index in [9.17, 15) is 4.79 Å². The van der Waals surface area contributed by atoms with E-state index in [4.69, 9.17) is 10.5 Å². The molecule has 1 fully saturated rings. The van der Waals surface area contributed by atoms with Gasteiger partial charge in [0.05, 0.1) is 0 Å². The summed E-state index contributed by atoms with van der Waals surface area (Å²) in [7, 11) is 0. The van der Waals surface area contributed by atoms with Gasteiger partial charge in [0, 0.05) is 19.1 Å². The Morgan fingerprint density at radius 3 is 2.89 bits per heavy atom. The van der Waals surface area contributed by atoms with Crippen LogP contribution in [0.15, 0.2) is 30.3 Å². The first-order valence-corrected chi connectivity index (χ1v) is 6.88. The number of carbonyl (C=O) groups excluding carboxylic acids is 1. The first-order chi connectivity index (χ1) is 9.16. The quantitative estimate of drug-likeness (QED) is 0.897. The van der Waals surface area contributed by atoms with Crippen molar-refractivity contribution in [3.05, 3.63) is 30.3 Å². The molecule has 1 amide bonds. The number of amides is 1. The maximum Gasteiger partial charge on any atom is 0.260 e. The molecule has 1 saturated heterocycles. The molecule has 0 aliphatic carbocycles. The summed E-state index contributed by atoms with van der Waals surface area (Å²) in [6.07, 6.45) is 2.14. The van der Waals surface area contributed by atoms with Crippen LogP contribution in [0.3, 0.4) is 0 Å². The summed E-state index contributed by atoms with van der Waals surface area (Å²) in [4.78, 5) is 14.0. The molecule has 2 N–H and O–H groups in total. The van der Waals surface area contributed by atoms with E-state index >= 15 is 0 Å². The maximum atomic E-state index is 12.1. The van der Waals surface area contributed by atoms with Crippen molar-refractivity contribution in [2.45, 2.75) is 25.8 Å². The van der Waals surface area contributed by atoms with Gasteiger partial charge < -0.3 is 15.4 Å². The summed E-state index contributed by atoms with van der Waals surface area (Å²) in [5.41, 5.74) is 5.93. The number of rotatable bonds is 4. The molecule has 0 aromatic heterocycles. The van der Waals surface area contributed by atoms with E-state index in [0.29, 0.717) is 5.92 Å². The molecule has 1 aromatic rings. The minimum absolute atomic E-state index is 0.0502. The Morgan fingerprint density at radius 1 is 1.47 bits per heavy atom. The van der Waals surface area contributed by atoms with Gasteiger partial charge in [0.1, 0.15) is 5.75 Å². The molecular formula is C15H22N2O2. The third kappa shape index (κ3) is 3.96.